The van der Waals surface area contributed by atoms with E-state index in [4.69, 9.17) is 0 Å². The zero-order valence-electron chi connectivity index (χ0n) is 13.7. The molecule has 0 aromatic heterocycles. The van der Waals surface area contributed by atoms with Gasteiger partial charge in [0.15, 0.2) is 0 Å². The number of hydrogen-bond donors (Lipinski definition) is 1. The smallest absolute Gasteiger partial charge is 0.251 e. The molecule has 1 amide bonds. The van der Waals surface area contributed by atoms with E-state index < -0.39 is 21.7 Å². The van der Waals surface area contributed by atoms with Crippen molar-refractivity contribution in [2.45, 2.75) is 18.4 Å². The fraction of sp³-hybridized carbons (Fsp3) is 0.235. The lowest BCUT2D eigenvalue weighted by Crippen LogP contribution is -2.27. The van der Waals surface area contributed by atoms with Crippen molar-refractivity contribution >= 4 is 15.9 Å². The van der Waals surface area contributed by atoms with Gasteiger partial charge in [-0.2, -0.15) is 0 Å². The molecular formula is C17H19FN2O3S. The third kappa shape index (κ3) is 3.80. The number of aryl methyl sites for hydroxylation is 1. The molecule has 0 atom stereocenters. The monoisotopic (exact) mass is 350 g/mol. The van der Waals surface area contributed by atoms with Gasteiger partial charge in [0.05, 0.1) is 4.90 Å². The van der Waals surface area contributed by atoms with Gasteiger partial charge in [-0.1, -0.05) is 24.3 Å². The van der Waals surface area contributed by atoms with Crippen LogP contribution in [0.4, 0.5) is 4.39 Å². The van der Waals surface area contributed by atoms with Crippen LogP contribution < -0.4 is 5.32 Å². The fourth-order valence-corrected chi connectivity index (χ4v) is 3.23. The number of amides is 1. The molecule has 0 fully saturated rings. The number of sulfonamides is 1. The molecule has 0 saturated carbocycles. The van der Waals surface area contributed by atoms with Gasteiger partial charge >= 0.3 is 0 Å². The Kier molecular flexibility index (Phi) is 5.36. The van der Waals surface area contributed by atoms with E-state index in [0.29, 0.717) is 11.1 Å². The summed E-state index contributed by atoms with van der Waals surface area (Å²) in [6.45, 7) is 1.64. The van der Waals surface area contributed by atoms with Crippen LogP contribution in [0.1, 0.15) is 21.5 Å². The van der Waals surface area contributed by atoms with Crippen molar-refractivity contribution < 1.29 is 17.6 Å². The van der Waals surface area contributed by atoms with Crippen LogP contribution in [0.15, 0.2) is 47.4 Å². The Balaban J connectivity index is 2.21. The average Bonchev–Trinajstić information content (AvgIpc) is 2.55. The van der Waals surface area contributed by atoms with Gasteiger partial charge in [-0.05, 0) is 36.2 Å². The normalized spacial score (nSPS) is 11.5. The predicted octanol–water partition coefficient (Wildman–Crippen LogP) is 2.31. The first-order valence-electron chi connectivity index (χ1n) is 7.28. The van der Waals surface area contributed by atoms with Crippen LogP contribution in [-0.2, 0) is 16.6 Å². The van der Waals surface area contributed by atoms with Crippen molar-refractivity contribution in [1.29, 1.82) is 0 Å². The van der Waals surface area contributed by atoms with Gasteiger partial charge in [0, 0.05) is 26.2 Å². The lowest BCUT2D eigenvalue weighted by Gasteiger charge is -2.15. The van der Waals surface area contributed by atoms with Gasteiger partial charge in [-0.25, -0.2) is 17.1 Å². The summed E-state index contributed by atoms with van der Waals surface area (Å²) < 4.78 is 39.3. The molecule has 0 heterocycles. The molecule has 0 aliphatic heterocycles. The Morgan fingerprint density at radius 1 is 1.17 bits per heavy atom. The van der Waals surface area contributed by atoms with Crippen LogP contribution in [0.5, 0.6) is 0 Å². The minimum absolute atomic E-state index is 0.0254. The highest BCUT2D eigenvalue weighted by Gasteiger charge is 2.21. The highest BCUT2D eigenvalue weighted by molar-refractivity contribution is 7.89. The van der Waals surface area contributed by atoms with Gasteiger partial charge in [0.1, 0.15) is 5.82 Å². The van der Waals surface area contributed by atoms with E-state index in [9.17, 15) is 17.6 Å². The predicted molar refractivity (Wildman–Crippen MR) is 89.6 cm³/mol. The highest BCUT2D eigenvalue weighted by Crippen LogP contribution is 2.18. The first-order chi connectivity index (χ1) is 11.2. The largest absolute Gasteiger partial charge is 0.348 e. The summed E-state index contributed by atoms with van der Waals surface area (Å²) in [6, 6.07) is 10.6. The first-order valence-corrected chi connectivity index (χ1v) is 8.72. The highest BCUT2D eigenvalue weighted by atomic mass is 32.2. The summed E-state index contributed by atoms with van der Waals surface area (Å²) in [6.07, 6.45) is 0. The Labute approximate surface area is 141 Å². The molecule has 1 N–H and O–H groups in total. The molecule has 2 rings (SSSR count). The molecule has 0 aliphatic rings. The number of carbonyl (C=O) groups excluding carboxylic acids is 1. The first kappa shape index (κ1) is 18.1. The van der Waals surface area contributed by atoms with E-state index in [-0.39, 0.29) is 17.0 Å². The lowest BCUT2D eigenvalue weighted by atomic mass is 10.1. The molecular weight excluding hydrogens is 331 g/mol. The number of nitrogens with zero attached hydrogens (tertiary/aromatic N) is 1. The Hall–Kier alpha value is -2.25. The summed E-state index contributed by atoms with van der Waals surface area (Å²) in [5.41, 5.74) is 1.10. The molecule has 0 saturated heterocycles. The summed E-state index contributed by atoms with van der Waals surface area (Å²) in [5, 5.41) is 2.62. The standard InChI is InChI=1S/C17H19FN2O3S/c1-12-8-9-13(10-15(12)18)17(21)19-11-14-6-4-5-7-16(14)24(22,23)20(2)3/h4-10H,11H2,1-3H3,(H,19,21). The fourth-order valence-electron chi connectivity index (χ4n) is 2.11. The summed E-state index contributed by atoms with van der Waals surface area (Å²) in [4.78, 5) is 12.3. The van der Waals surface area contributed by atoms with Crippen LogP contribution in [0.25, 0.3) is 0 Å². The summed E-state index contributed by atoms with van der Waals surface area (Å²) in [7, 11) is -0.722. The maximum absolute atomic E-state index is 13.5. The molecule has 24 heavy (non-hydrogen) atoms. The van der Waals surface area contributed by atoms with Crippen molar-refractivity contribution in [2.75, 3.05) is 14.1 Å². The molecule has 2 aromatic carbocycles. The number of halogens is 1. The van der Waals surface area contributed by atoms with Crippen LogP contribution in [-0.4, -0.2) is 32.7 Å². The van der Waals surface area contributed by atoms with Gasteiger partial charge in [-0.3, -0.25) is 4.79 Å². The zero-order valence-corrected chi connectivity index (χ0v) is 14.5. The Bertz CT molecular complexity index is 864. The second-order valence-corrected chi connectivity index (χ2v) is 7.66. The number of hydrogen-bond acceptors (Lipinski definition) is 3. The van der Waals surface area contributed by atoms with Crippen LogP contribution in [0, 0.1) is 12.7 Å². The van der Waals surface area contributed by atoms with Gasteiger partial charge in [0.25, 0.3) is 5.91 Å². The SMILES string of the molecule is Cc1ccc(C(=O)NCc2ccccc2S(=O)(=O)N(C)C)cc1F. The van der Waals surface area contributed by atoms with Gasteiger partial charge in [0.2, 0.25) is 10.0 Å². The molecule has 0 bridgehead atoms. The maximum atomic E-state index is 13.5. The average molecular weight is 350 g/mol. The van der Waals surface area contributed by atoms with Crippen molar-refractivity contribution in [3.05, 3.63) is 65.0 Å². The van der Waals surface area contributed by atoms with E-state index in [2.05, 4.69) is 5.32 Å². The van der Waals surface area contributed by atoms with E-state index in [1.54, 1.807) is 25.1 Å². The minimum Gasteiger partial charge on any atom is -0.348 e. The lowest BCUT2D eigenvalue weighted by molar-refractivity contribution is 0.0950. The van der Waals surface area contributed by atoms with Crippen LogP contribution in [0.2, 0.25) is 0 Å². The van der Waals surface area contributed by atoms with E-state index in [1.807, 2.05) is 0 Å². The van der Waals surface area contributed by atoms with Crippen LogP contribution >= 0.6 is 0 Å². The topological polar surface area (TPSA) is 66.5 Å². The third-order valence-corrected chi connectivity index (χ3v) is 5.52. The molecule has 2 aromatic rings. The minimum atomic E-state index is -3.61. The summed E-state index contributed by atoms with van der Waals surface area (Å²) in [5.74, 6) is -0.927. The van der Waals surface area contributed by atoms with Crippen molar-refractivity contribution in [3.8, 4) is 0 Å². The summed E-state index contributed by atoms with van der Waals surface area (Å²) >= 11 is 0. The number of carbonyl (C=O) groups is 1. The molecule has 128 valence electrons. The third-order valence-electron chi connectivity index (χ3n) is 3.60. The second kappa shape index (κ2) is 7.11. The van der Waals surface area contributed by atoms with E-state index in [1.165, 1.54) is 32.3 Å². The Morgan fingerprint density at radius 3 is 2.46 bits per heavy atom. The van der Waals surface area contributed by atoms with E-state index >= 15 is 0 Å². The second-order valence-electron chi connectivity index (χ2n) is 5.54. The van der Waals surface area contributed by atoms with Crippen LogP contribution in [0.3, 0.4) is 0 Å². The van der Waals surface area contributed by atoms with Crippen molar-refractivity contribution in [1.82, 2.24) is 9.62 Å². The quantitative estimate of drug-likeness (QED) is 0.900. The molecule has 0 radical (unpaired) electrons. The molecule has 0 unspecified atom stereocenters. The molecule has 7 heteroatoms. The maximum Gasteiger partial charge on any atom is 0.251 e. The Morgan fingerprint density at radius 2 is 1.83 bits per heavy atom. The van der Waals surface area contributed by atoms with E-state index in [0.717, 1.165) is 10.4 Å². The van der Waals surface area contributed by atoms with Gasteiger partial charge in [-0.15, -0.1) is 0 Å². The number of rotatable bonds is 5. The number of benzene rings is 2. The molecule has 0 spiro atoms. The van der Waals surface area contributed by atoms with Gasteiger partial charge < -0.3 is 5.32 Å². The van der Waals surface area contributed by atoms with Crippen molar-refractivity contribution in [3.63, 3.8) is 0 Å². The molecule has 5 nitrogen and oxygen atoms in total. The van der Waals surface area contributed by atoms with Crippen molar-refractivity contribution in [2.24, 2.45) is 0 Å². The molecule has 0 aliphatic carbocycles. The number of nitrogens with one attached hydrogen (secondary N) is 1. The zero-order chi connectivity index (χ0) is 17.9.